The fourth-order valence-electron chi connectivity index (χ4n) is 2.37. The summed E-state index contributed by atoms with van der Waals surface area (Å²) in [6, 6.07) is 4.70. The molecular weight excluding hydrogens is 230 g/mol. The molecule has 0 saturated heterocycles. The molecule has 1 aromatic heterocycles. The van der Waals surface area contributed by atoms with Crippen LogP contribution in [0, 0.1) is 20.8 Å². The van der Waals surface area contributed by atoms with Gasteiger partial charge in [0.05, 0.1) is 6.04 Å². The largest absolute Gasteiger partial charge is 0.354 e. The summed E-state index contributed by atoms with van der Waals surface area (Å²) in [5.74, 6) is 0. The van der Waals surface area contributed by atoms with E-state index in [9.17, 15) is 0 Å². The second-order valence-corrected chi connectivity index (χ2v) is 5.26. The second-order valence-electron chi connectivity index (χ2n) is 4.42. The summed E-state index contributed by atoms with van der Waals surface area (Å²) in [5.41, 5.74) is 7.06. The minimum atomic E-state index is 0.253. The molecule has 0 aliphatic carbocycles. The zero-order chi connectivity index (χ0) is 12.4. The molecule has 3 nitrogen and oxygen atoms in total. The Morgan fingerprint density at radius 1 is 1.18 bits per heavy atom. The van der Waals surface area contributed by atoms with Crippen LogP contribution in [0.15, 0.2) is 17.6 Å². The van der Waals surface area contributed by atoms with Crippen molar-refractivity contribution in [1.29, 1.82) is 0 Å². The van der Waals surface area contributed by atoms with E-state index in [4.69, 9.17) is 0 Å². The van der Waals surface area contributed by atoms with Gasteiger partial charge in [0.2, 0.25) is 5.13 Å². The van der Waals surface area contributed by atoms with Gasteiger partial charge in [-0.05, 0) is 44.4 Å². The Balaban J connectivity index is 2.27. The summed E-state index contributed by atoms with van der Waals surface area (Å²) in [6.45, 7) is 8.61. The van der Waals surface area contributed by atoms with E-state index < -0.39 is 0 Å². The van der Waals surface area contributed by atoms with Crippen molar-refractivity contribution in [3.63, 3.8) is 0 Å². The van der Waals surface area contributed by atoms with Gasteiger partial charge in [-0.15, -0.1) is 10.2 Å². The van der Waals surface area contributed by atoms with Crippen LogP contribution >= 0.6 is 11.3 Å². The first-order chi connectivity index (χ1) is 8.08. The average molecular weight is 247 g/mol. The van der Waals surface area contributed by atoms with Crippen LogP contribution in [0.1, 0.15) is 35.2 Å². The molecule has 0 fully saturated rings. The number of hydrogen-bond acceptors (Lipinski definition) is 4. The molecule has 90 valence electrons. The summed E-state index contributed by atoms with van der Waals surface area (Å²) in [4.78, 5) is 0. The Morgan fingerprint density at radius 2 is 1.82 bits per heavy atom. The third-order valence-corrected chi connectivity index (χ3v) is 3.49. The molecule has 0 bridgehead atoms. The van der Waals surface area contributed by atoms with Gasteiger partial charge in [-0.2, -0.15) is 0 Å². The summed E-state index contributed by atoms with van der Waals surface area (Å²) < 4.78 is 0. The van der Waals surface area contributed by atoms with Gasteiger partial charge in [0.25, 0.3) is 0 Å². The van der Waals surface area contributed by atoms with Gasteiger partial charge >= 0.3 is 0 Å². The van der Waals surface area contributed by atoms with Crippen molar-refractivity contribution in [2.75, 3.05) is 5.32 Å². The van der Waals surface area contributed by atoms with Gasteiger partial charge in [0, 0.05) is 0 Å². The minimum absolute atomic E-state index is 0.253. The monoisotopic (exact) mass is 247 g/mol. The Labute approximate surface area is 106 Å². The van der Waals surface area contributed by atoms with Gasteiger partial charge in [0.15, 0.2) is 0 Å². The maximum Gasteiger partial charge on any atom is 0.205 e. The summed E-state index contributed by atoms with van der Waals surface area (Å²) in [7, 11) is 0. The van der Waals surface area contributed by atoms with Crippen LogP contribution in [-0.2, 0) is 0 Å². The lowest BCUT2D eigenvalue weighted by molar-refractivity contribution is 0.853. The number of benzene rings is 1. The molecule has 1 atom stereocenters. The van der Waals surface area contributed by atoms with Crippen molar-refractivity contribution >= 4 is 16.5 Å². The van der Waals surface area contributed by atoms with Gasteiger partial charge in [0.1, 0.15) is 5.51 Å². The lowest BCUT2D eigenvalue weighted by Crippen LogP contribution is -2.10. The van der Waals surface area contributed by atoms with Gasteiger partial charge < -0.3 is 5.32 Å². The SMILES string of the molecule is Cc1cc(C)c(C(C)Nc2nncs2)c(C)c1. The van der Waals surface area contributed by atoms with E-state index in [0.717, 1.165) is 5.13 Å². The number of rotatable bonds is 3. The van der Waals surface area contributed by atoms with Crippen molar-refractivity contribution in [1.82, 2.24) is 10.2 Å². The first kappa shape index (κ1) is 12.0. The molecule has 0 amide bonds. The first-order valence-corrected chi connectivity index (χ1v) is 6.56. The smallest absolute Gasteiger partial charge is 0.205 e. The highest BCUT2D eigenvalue weighted by Crippen LogP contribution is 2.26. The highest BCUT2D eigenvalue weighted by atomic mass is 32.1. The maximum atomic E-state index is 4.02. The number of hydrogen-bond donors (Lipinski definition) is 1. The van der Waals surface area contributed by atoms with Gasteiger partial charge in [-0.25, -0.2) is 0 Å². The van der Waals surface area contributed by atoms with Crippen LogP contribution in [0.5, 0.6) is 0 Å². The third-order valence-electron chi connectivity index (χ3n) is 2.87. The molecule has 0 aliphatic heterocycles. The third kappa shape index (κ3) is 2.64. The number of nitrogens with one attached hydrogen (secondary N) is 1. The topological polar surface area (TPSA) is 37.8 Å². The molecule has 4 heteroatoms. The van der Waals surface area contributed by atoms with Crippen molar-refractivity contribution in [3.8, 4) is 0 Å². The highest BCUT2D eigenvalue weighted by molar-refractivity contribution is 7.13. The molecule has 0 radical (unpaired) electrons. The van der Waals surface area contributed by atoms with E-state index in [1.807, 2.05) is 0 Å². The minimum Gasteiger partial charge on any atom is -0.354 e. The van der Waals surface area contributed by atoms with Crippen LogP contribution in [-0.4, -0.2) is 10.2 Å². The maximum absolute atomic E-state index is 4.02. The molecule has 2 aromatic rings. The van der Waals surface area contributed by atoms with Crippen LogP contribution in [0.4, 0.5) is 5.13 Å². The Bertz CT molecular complexity index is 482. The molecule has 0 aliphatic rings. The van der Waals surface area contributed by atoms with E-state index in [1.54, 1.807) is 5.51 Å². The zero-order valence-corrected chi connectivity index (χ0v) is 11.4. The van der Waals surface area contributed by atoms with Crippen LogP contribution < -0.4 is 5.32 Å². The molecule has 2 rings (SSSR count). The van der Waals surface area contributed by atoms with Crippen LogP contribution in [0.2, 0.25) is 0 Å². The number of anilines is 1. The molecule has 1 N–H and O–H groups in total. The fourth-order valence-corrected chi connectivity index (χ4v) is 2.90. The van der Waals surface area contributed by atoms with E-state index in [-0.39, 0.29) is 6.04 Å². The van der Waals surface area contributed by atoms with E-state index in [1.165, 1.54) is 33.6 Å². The normalized spacial score (nSPS) is 12.5. The quantitative estimate of drug-likeness (QED) is 0.900. The van der Waals surface area contributed by atoms with Gasteiger partial charge in [-0.3, -0.25) is 0 Å². The Hall–Kier alpha value is -1.42. The Morgan fingerprint density at radius 3 is 2.35 bits per heavy atom. The van der Waals surface area contributed by atoms with E-state index in [0.29, 0.717) is 0 Å². The molecule has 17 heavy (non-hydrogen) atoms. The van der Waals surface area contributed by atoms with Crippen molar-refractivity contribution in [3.05, 3.63) is 39.9 Å². The van der Waals surface area contributed by atoms with E-state index >= 15 is 0 Å². The molecule has 0 saturated carbocycles. The van der Waals surface area contributed by atoms with Crippen molar-refractivity contribution in [2.24, 2.45) is 0 Å². The predicted molar refractivity (Wildman–Crippen MR) is 72.6 cm³/mol. The van der Waals surface area contributed by atoms with Gasteiger partial charge in [-0.1, -0.05) is 29.0 Å². The zero-order valence-electron chi connectivity index (χ0n) is 10.6. The fraction of sp³-hybridized carbons (Fsp3) is 0.385. The molecule has 1 aromatic carbocycles. The summed E-state index contributed by atoms with van der Waals surface area (Å²) in [5, 5.41) is 12.1. The highest BCUT2D eigenvalue weighted by Gasteiger charge is 2.12. The standard InChI is InChI=1S/C13H17N3S/c1-8-5-9(2)12(10(3)6-8)11(4)15-13-16-14-7-17-13/h5-7,11H,1-4H3,(H,15,16). The molecule has 0 spiro atoms. The lowest BCUT2D eigenvalue weighted by atomic mass is 9.95. The average Bonchev–Trinajstić information content (AvgIpc) is 2.68. The number of aromatic nitrogens is 2. The summed E-state index contributed by atoms with van der Waals surface area (Å²) in [6.07, 6.45) is 0. The predicted octanol–water partition coefficient (Wildman–Crippen LogP) is 3.64. The molecular formula is C13H17N3S. The van der Waals surface area contributed by atoms with Crippen molar-refractivity contribution < 1.29 is 0 Å². The number of nitrogens with zero attached hydrogens (tertiary/aromatic N) is 2. The van der Waals surface area contributed by atoms with Crippen LogP contribution in [0.3, 0.4) is 0 Å². The molecule has 1 unspecified atom stereocenters. The Kier molecular flexibility index (Phi) is 3.43. The lowest BCUT2D eigenvalue weighted by Gasteiger charge is -2.19. The summed E-state index contributed by atoms with van der Waals surface area (Å²) >= 11 is 1.53. The second kappa shape index (κ2) is 4.84. The van der Waals surface area contributed by atoms with Crippen LogP contribution in [0.25, 0.3) is 0 Å². The number of aryl methyl sites for hydroxylation is 3. The van der Waals surface area contributed by atoms with E-state index in [2.05, 4.69) is 55.3 Å². The van der Waals surface area contributed by atoms with Crippen molar-refractivity contribution in [2.45, 2.75) is 33.7 Å². The first-order valence-electron chi connectivity index (χ1n) is 5.68. The molecule has 1 heterocycles.